The number of carboxylic acid groups (broad SMARTS) is 4. The first-order valence-corrected chi connectivity index (χ1v) is 22.9. The highest BCUT2D eigenvalue weighted by atomic mass is 16.4. The maximum absolute atomic E-state index is 11.8. The standard InChI is InChI=1S/C45H40N24O10/c1-20-31(34(47)68(62-20)42-52-40(54-44(78)56-42)50-17-15-29(70)71)58-60-36-26(19-46)27(64-66(36)24-11-7-22(8-12-24)38(74)75)5-4-6-28-33(49-3)37(67(65-28)25-13-9-23(10-14-25)39(76)77)61-59-32-21(2)63-69(35(32)48)43-53-41(55-45(79)57-43)51-18-16-30(72)73/h7-14H,4-6,15-18,47-48H2,1-2H3,(H,70,71)(H,72,73)(H,74,75)(H,76,77)(H2,50,52,54,56,78)(H2,51,53,55,57,79)/b60-58+,61-59+. The largest absolute Gasteiger partial charge is 0.481 e. The molecule has 79 heavy (non-hydrogen) atoms. The average molecular weight is 1080 g/mol. The lowest BCUT2D eigenvalue weighted by Gasteiger charge is -2.06. The third-order valence-electron chi connectivity index (χ3n) is 11.1. The molecule has 34 heteroatoms. The van der Waals surface area contributed by atoms with Crippen LogP contribution in [0.4, 0.5) is 52.2 Å². The quantitative estimate of drug-likeness (QED) is 0.0328. The number of aliphatic carboxylic acids is 2. The summed E-state index contributed by atoms with van der Waals surface area (Å²) in [7, 11) is 0. The Labute approximate surface area is 441 Å². The summed E-state index contributed by atoms with van der Waals surface area (Å²) in [5.41, 5.74) is 14.1. The molecule has 0 saturated heterocycles. The van der Waals surface area contributed by atoms with Gasteiger partial charge < -0.3 is 52.7 Å². The summed E-state index contributed by atoms with van der Waals surface area (Å²) in [6, 6.07) is 11.7. The van der Waals surface area contributed by atoms with Crippen LogP contribution in [0.2, 0.25) is 0 Å². The van der Waals surface area contributed by atoms with Gasteiger partial charge in [0.05, 0.1) is 64.7 Å². The number of azo groups is 2. The molecule has 400 valence electrons. The van der Waals surface area contributed by atoms with E-state index in [4.69, 9.17) is 38.4 Å². The minimum Gasteiger partial charge on any atom is -0.481 e. The van der Waals surface area contributed by atoms with Crippen LogP contribution in [0, 0.1) is 31.8 Å². The zero-order chi connectivity index (χ0) is 56.7. The summed E-state index contributed by atoms with van der Waals surface area (Å²) >= 11 is 0. The highest BCUT2D eigenvalue weighted by Crippen LogP contribution is 2.39. The van der Waals surface area contributed by atoms with Crippen LogP contribution in [0.25, 0.3) is 28.1 Å². The lowest BCUT2D eigenvalue weighted by Crippen LogP contribution is -2.13. The number of aromatic nitrogens is 14. The Morgan fingerprint density at radius 3 is 1.48 bits per heavy atom. The lowest BCUT2D eigenvalue weighted by atomic mass is 10.1. The maximum atomic E-state index is 11.8. The molecule has 8 aromatic rings. The maximum Gasteiger partial charge on any atom is 0.335 e. The first kappa shape index (κ1) is 53.5. The Morgan fingerprint density at radius 2 is 1.05 bits per heavy atom. The van der Waals surface area contributed by atoms with Gasteiger partial charge in [-0.3, -0.25) is 9.59 Å². The van der Waals surface area contributed by atoms with Gasteiger partial charge in [-0.25, -0.2) is 23.8 Å². The molecule has 0 aliphatic rings. The molecule has 34 nitrogen and oxygen atoms in total. The van der Waals surface area contributed by atoms with Gasteiger partial charge in [0, 0.05) is 13.1 Å². The van der Waals surface area contributed by atoms with Gasteiger partial charge in [0.25, 0.3) is 17.6 Å². The molecule has 6 heterocycles. The third kappa shape index (κ3) is 11.8. The monoisotopic (exact) mass is 1080 g/mol. The van der Waals surface area contributed by atoms with Gasteiger partial charge in [-0.05, 0) is 81.6 Å². The molecule has 0 atom stereocenters. The molecular weight excluding hydrogens is 1040 g/mol. The number of aryl methyl sites for hydroxylation is 4. The number of nitrogens with two attached hydrogens (primary N) is 2. The number of aromatic carboxylic acids is 2. The van der Waals surface area contributed by atoms with Gasteiger partial charge in [-0.2, -0.15) is 64.9 Å². The van der Waals surface area contributed by atoms with E-state index in [1.165, 1.54) is 71.7 Å². The van der Waals surface area contributed by atoms with Crippen LogP contribution in [0.1, 0.15) is 68.3 Å². The first-order chi connectivity index (χ1) is 37.8. The molecule has 0 aliphatic heterocycles. The predicted molar refractivity (Wildman–Crippen MR) is 269 cm³/mol. The van der Waals surface area contributed by atoms with Crippen LogP contribution in [-0.4, -0.2) is 137 Å². The number of carbonyl (C=O) groups is 4. The fourth-order valence-corrected chi connectivity index (χ4v) is 7.36. The Morgan fingerprint density at radius 1 is 0.620 bits per heavy atom. The highest BCUT2D eigenvalue weighted by molar-refractivity contribution is 5.88. The molecule has 12 N–H and O–H groups in total. The molecule has 0 radical (unpaired) electrons. The Kier molecular flexibility index (Phi) is 15.4. The lowest BCUT2D eigenvalue weighted by molar-refractivity contribution is -0.137. The van der Waals surface area contributed by atoms with Crippen molar-refractivity contribution in [1.29, 1.82) is 5.26 Å². The van der Waals surface area contributed by atoms with Crippen molar-refractivity contribution in [3.8, 4) is 41.4 Å². The van der Waals surface area contributed by atoms with Crippen molar-refractivity contribution < 1.29 is 49.8 Å². The molecule has 0 spiro atoms. The van der Waals surface area contributed by atoms with E-state index in [1.807, 2.05) is 0 Å². The van der Waals surface area contributed by atoms with Gasteiger partial charge in [0.2, 0.25) is 11.9 Å². The molecule has 0 fully saturated rings. The first-order valence-electron chi connectivity index (χ1n) is 22.9. The number of nitriles is 1. The number of hydrogen-bond acceptors (Lipinski definition) is 25. The number of nitrogens with zero attached hydrogens (tertiary/aromatic N) is 20. The summed E-state index contributed by atoms with van der Waals surface area (Å²) in [5, 5.41) is 109. The smallest absolute Gasteiger partial charge is 0.335 e. The fraction of sp³-hybridized carbons (Fsp3) is 0.200. The van der Waals surface area contributed by atoms with E-state index in [1.54, 1.807) is 0 Å². The zero-order valence-corrected chi connectivity index (χ0v) is 41.0. The Balaban J connectivity index is 1.12. The van der Waals surface area contributed by atoms with Crippen LogP contribution in [0.5, 0.6) is 12.0 Å². The minimum atomic E-state index is -1.19. The van der Waals surface area contributed by atoms with E-state index >= 15 is 0 Å². The van der Waals surface area contributed by atoms with Crippen molar-refractivity contribution in [3.05, 3.63) is 99.4 Å². The van der Waals surface area contributed by atoms with Crippen LogP contribution in [0.3, 0.4) is 0 Å². The van der Waals surface area contributed by atoms with Crippen molar-refractivity contribution in [3.63, 3.8) is 0 Å². The van der Waals surface area contributed by atoms with Crippen LogP contribution < -0.4 is 22.1 Å². The fourth-order valence-electron chi connectivity index (χ4n) is 7.36. The topological polar surface area (TPSA) is 492 Å². The highest BCUT2D eigenvalue weighted by Gasteiger charge is 2.25. The van der Waals surface area contributed by atoms with Crippen molar-refractivity contribution in [2.24, 2.45) is 20.5 Å². The van der Waals surface area contributed by atoms with Crippen LogP contribution in [-0.2, 0) is 22.4 Å². The Hall–Kier alpha value is -11.8. The van der Waals surface area contributed by atoms with E-state index in [9.17, 15) is 44.9 Å². The number of hydrogen-bond donors (Lipinski definition) is 10. The van der Waals surface area contributed by atoms with Crippen molar-refractivity contribution in [2.75, 3.05) is 35.2 Å². The summed E-state index contributed by atoms with van der Waals surface area (Å²) in [6.07, 6.45) is -0.260. The second kappa shape index (κ2) is 22.7. The summed E-state index contributed by atoms with van der Waals surface area (Å²) in [4.78, 5) is 72.8. The van der Waals surface area contributed by atoms with Gasteiger partial charge in [-0.1, -0.05) is 0 Å². The molecule has 6 aromatic heterocycles. The van der Waals surface area contributed by atoms with Gasteiger partial charge in [-0.15, -0.1) is 20.5 Å². The molecular formula is C45H40N24O10. The van der Waals surface area contributed by atoms with E-state index < -0.39 is 35.9 Å². The summed E-state index contributed by atoms with van der Waals surface area (Å²) in [6.45, 7) is 11.2. The third-order valence-corrected chi connectivity index (χ3v) is 11.1. The van der Waals surface area contributed by atoms with Crippen molar-refractivity contribution in [1.82, 2.24) is 69.0 Å². The number of carboxylic acids is 4. The van der Waals surface area contributed by atoms with E-state index in [0.717, 1.165) is 9.36 Å². The molecule has 8 rings (SSSR count). The van der Waals surface area contributed by atoms with E-state index in [-0.39, 0.29) is 160 Å². The number of nitrogens with one attached hydrogen (secondary N) is 2. The summed E-state index contributed by atoms with van der Waals surface area (Å²) < 4.78 is 4.61. The van der Waals surface area contributed by atoms with Crippen molar-refractivity contribution >= 4 is 76.1 Å². The number of rotatable bonds is 22. The summed E-state index contributed by atoms with van der Waals surface area (Å²) in [5.74, 6) is -5.97. The van der Waals surface area contributed by atoms with Gasteiger partial charge >= 0.3 is 35.9 Å². The normalized spacial score (nSPS) is 11.2. The number of anilines is 4. The van der Waals surface area contributed by atoms with Gasteiger partial charge in [0.1, 0.15) is 11.6 Å². The number of nitrogen functional groups attached to an aromatic ring is 2. The SMILES string of the molecule is [C-]#[N+]c1c(CCCc2nn(-c3ccc(C(=O)O)cc3)c(/N=N/c3c(C)nn(-c4nc(O)nc(NCCC(=O)O)n4)c3N)c2C#N)nn(-c2ccc(C(=O)O)cc2)c1/N=N/c1c(C)nn(-c2nc(O)nc(NCCC(=O)O)n2)c1N. The van der Waals surface area contributed by atoms with Crippen molar-refractivity contribution in [2.45, 2.75) is 46.0 Å². The second-order valence-corrected chi connectivity index (χ2v) is 16.4. The molecule has 0 saturated carbocycles. The van der Waals surface area contributed by atoms with Gasteiger partial charge in [0.15, 0.2) is 34.6 Å². The Bertz CT molecular complexity index is 3600. The van der Waals surface area contributed by atoms with Crippen LogP contribution >= 0.6 is 0 Å². The predicted octanol–water partition coefficient (Wildman–Crippen LogP) is 4.59. The zero-order valence-electron chi connectivity index (χ0n) is 41.0. The number of benzene rings is 2. The minimum absolute atomic E-state index is 0.00971. The van der Waals surface area contributed by atoms with E-state index in [2.05, 4.69) is 82.1 Å². The second-order valence-electron chi connectivity index (χ2n) is 16.4. The van der Waals surface area contributed by atoms with Crippen LogP contribution in [0.15, 0.2) is 69.0 Å². The molecule has 0 unspecified atom stereocenters. The number of aromatic hydroxyl groups is 2. The average Bonchev–Trinajstić information content (AvgIpc) is 4.23. The molecule has 0 amide bonds. The molecule has 0 bridgehead atoms. The molecule has 0 aliphatic carbocycles. The molecule has 2 aromatic carbocycles. The van der Waals surface area contributed by atoms with E-state index in [0.29, 0.717) is 0 Å².